The van der Waals surface area contributed by atoms with Gasteiger partial charge in [0.2, 0.25) is 5.91 Å². The van der Waals surface area contributed by atoms with Gasteiger partial charge in [0, 0.05) is 0 Å². The van der Waals surface area contributed by atoms with Crippen LogP contribution >= 0.6 is 11.3 Å². The SMILES string of the molecule is COC(=O)c1cnc(NC(=O)Cc2cccc(OC)c2)s1. The van der Waals surface area contributed by atoms with Crippen molar-refractivity contribution in [2.75, 3.05) is 19.5 Å². The lowest BCUT2D eigenvalue weighted by molar-refractivity contribution is -0.115. The molecule has 0 bridgehead atoms. The van der Waals surface area contributed by atoms with Gasteiger partial charge in [-0.05, 0) is 17.7 Å². The highest BCUT2D eigenvalue weighted by atomic mass is 32.1. The number of nitrogens with zero attached hydrogens (tertiary/aromatic N) is 1. The minimum atomic E-state index is -0.471. The summed E-state index contributed by atoms with van der Waals surface area (Å²) in [5.74, 6) is 0.0114. The minimum absolute atomic E-state index is 0.199. The second-order valence-corrected chi connectivity index (χ2v) is 5.13. The summed E-state index contributed by atoms with van der Waals surface area (Å²) in [5.41, 5.74) is 0.830. The van der Waals surface area contributed by atoms with E-state index in [1.165, 1.54) is 13.3 Å². The van der Waals surface area contributed by atoms with Gasteiger partial charge in [-0.15, -0.1) is 0 Å². The molecular formula is C14H14N2O4S. The van der Waals surface area contributed by atoms with Crippen molar-refractivity contribution in [3.63, 3.8) is 0 Å². The highest BCUT2D eigenvalue weighted by Crippen LogP contribution is 2.19. The molecule has 1 aromatic heterocycles. The monoisotopic (exact) mass is 306 g/mol. The maximum Gasteiger partial charge on any atom is 0.349 e. The van der Waals surface area contributed by atoms with Gasteiger partial charge in [-0.2, -0.15) is 0 Å². The molecule has 1 amide bonds. The van der Waals surface area contributed by atoms with Gasteiger partial charge in [0.1, 0.15) is 10.6 Å². The Labute approximate surface area is 125 Å². The molecular weight excluding hydrogens is 292 g/mol. The van der Waals surface area contributed by atoms with Crippen LogP contribution in [0.4, 0.5) is 5.13 Å². The Bertz CT molecular complexity index is 654. The molecule has 0 spiro atoms. The Balaban J connectivity index is 1.98. The topological polar surface area (TPSA) is 77.5 Å². The smallest absolute Gasteiger partial charge is 0.349 e. The number of anilines is 1. The summed E-state index contributed by atoms with van der Waals surface area (Å²) in [7, 11) is 2.87. The Morgan fingerprint density at radius 2 is 2.14 bits per heavy atom. The predicted octanol–water partition coefficient (Wildman–Crippen LogP) is 2.12. The molecule has 1 heterocycles. The molecule has 21 heavy (non-hydrogen) atoms. The normalized spacial score (nSPS) is 10.0. The van der Waals surface area contributed by atoms with Crippen molar-refractivity contribution in [1.29, 1.82) is 0 Å². The first-order valence-corrected chi connectivity index (χ1v) is 6.91. The van der Waals surface area contributed by atoms with Crippen LogP contribution in [-0.2, 0) is 16.0 Å². The fourth-order valence-corrected chi connectivity index (χ4v) is 2.41. The number of methoxy groups -OCH3 is 2. The number of rotatable bonds is 5. The van der Waals surface area contributed by atoms with Crippen LogP contribution in [0.5, 0.6) is 5.75 Å². The van der Waals surface area contributed by atoms with Crippen LogP contribution in [0.2, 0.25) is 0 Å². The third-order valence-electron chi connectivity index (χ3n) is 2.64. The number of amides is 1. The highest BCUT2D eigenvalue weighted by molar-refractivity contribution is 7.17. The molecule has 2 aromatic rings. The van der Waals surface area contributed by atoms with Crippen molar-refractivity contribution in [3.8, 4) is 5.75 Å². The van der Waals surface area contributed by atoms with Gasteiger partial charge < -0.3 is 14.8 Å². The summed E-state index contributed by atoms with van der Waals surface area (Å²) >= 11 is 1.07. The Morgan fingerprint density at radius 3 is 2.86 bits per heavy atom. The summed E-state index contributed by atoms with van der Waals surface area (Å²) in [6, 6.07) is 7.26. The largest absolute Gasteiger partial charge is 0.497 e. The number of carbonyl (C=O) groups is 2. The molecule has 0 saturated carbocycles. The number of hydrogen-bond donors (Lipinski definition) is 1. The molecule has 0 aliphatic heterocycles. The molecule has 0 fully saturated rings. The van der Waals surface area contributed by atoms with Crippen molar-refractivity contribution in [3.05, 3.63) is 40.9 Å². The minimum Gasteiger partial charge on any atom is -0.497 e. The number of aromatic nitrogens is 1. The molecule has 0 aliphatic rings. The third-order valence-corrected chi connectivity index (χ3v) is 3.53. The number of esters is 1. The van der Waals surface area contributed by atoms with Gasteiger partial charge in [0.25, 0.3) is 0 Å². The zero-order valence-corrected chi connectivity index (χ0v) is 12.4. The van der Waals surface area contributed by atoms with E-state index in [0.717, 1.165) is 16.9 Å². The number of hydrogen-bond acceptors (Lipinski definition) is 6. The van der Waals surface area contributed by atoms with E-state index in [0.29, 0.717) is 15.8 Å². The molecule has 2 rings (SSSR count). The first-order chi connectivity index (χ1) is 10.1. The van der Waals surface area contributed by atoms with Crippen molar-refractivity contribution in [2.45, 2.75) is 6.42 Å². The fraction of sp³-hybridized carbons (Fsp3) is 0.214. The highest BCUT2D eigenvalue weighted by Gasteiger charge is 2.12. The fourth-order valence-electron chi connectivity index (χ4n) is 1.66. The Hall–Kier alpha value is -2.41. The average molecular weight is 306 g/mol. The van der Waals surface area contributed by atoms with Gasteiger partial charge >= 0.3 is 5.97 Å². The number of thiazole rings is 1. The van der Waals surface area contributed by atoms with E-state index in [2.05, 4.69) is 15.0 Å². The third kappa shape index (κ3) is 4.03. The van der Waals surface area contributed by atoms with Crippen LogP contribution < -0.4 is 10.1 Å². The van der Waals surface area contributed by atoms with Crippen LogP contribution in [-0.4, -0.2) is 31.1 Å². The standard InChI is InChI=1S/C14H14N2O4S/c1-19-10-5-3-4-9(6-10)7-12(17)16-14-15-8-11(21-14)13(18)20-2/h3-6,8H,7H2,1-2H3,(H,15,16,17). The number of carbonyl (C=O) groups excluding carboxylic acids is 2. The van der Waals surface area contributed by atoms with Crippen molar-refractivity contribution in [2.24, 2.45) is 0 Å². The molecule has 0 unspecified atom stereocenters. The Kier molecular flexibility index (Phi) is 4.89. The lowest BCUT2D eigenvalue weighted by Crippen LogP contribution is -2.14. The van der Waals surface area contributed by atoms with Crippen LogP contribution in [0.15, 0.2) is 30.5 Å². The quantitative estimate of drug-likeness (QED) is 0.856. The molecule has 0 aliphatic carbocycles. The van der Waals surface area contributed by atoms with E-state index in [4.69, 9.17) is 4.74 Å². The van der Waals surface area contributed by atoms with Gasteiger partial charge in [-0.3, -0.25) is 4.79 Å². The van der Waals surface area contributed by atoms with E-state index < -0.39 is 5.97 Å². The van der Waals surface area contributed by atoms with Gasteiger partial charge in [0.05, 0.1) is 26.8 Å². The maximum atomic E-state index is 11.9. The summed E-state index contributed by atoms with van der Waals surface area (Å²) in [6.45, 7) is 0. The molecule has 1 N–H and O–H groups in total. The van der Waals surface area contributed by atoms with Crippen molar-refractivity contribution >= 4 is 28.3 Å². The predicted molar refractivity (Wildman–Crippen MR) is 78.8 cm³/mol. The van der Waals surface area contributed by atoms with Crippen LogP contribution in [0, 0.1) is 0 Å². The number of ether oxygens (including phenoxy) is 2. The first-order valence-electron chi connectivity index (χ1n) is 6.09. The number of nitrogens with one attached hydrogen (secondary N) is 1. The molecule has 7 heteroatoms. The molecule has 0 radical (unpaired) electrons. The first kappa shape index (κ1) is 15.0. The van der Waals surface area contributed by atoms with E-state index in [-0.39, 0.29) is 12.3 Å². The van der Waals surface area contributed by atoms with Crippen LogP contribution in [0.3, 0.4) is 0 Å². The summed E-state index contributed by atoms with van der Waals surface area (Å²) in [6.07, 6.45) is 1.57. The second kappa shape index (κ2) is 6.85. The molecule has 0 atom stereocenters. The zero-order valence-electron chi connectivity index (χ0n) is 11.6. The lowest BCUT2D eigenvalue weighted by Gasteiger charge is -2.04. The van der Waals surface area contributed by atoms with Gasteiger partial charge in [0.15, 0.2) is 5.13 Å². The maximum absolute atomic E-state index is 11.9. The van der Waals surface area contributed by atoms with E-state index >= 15 is 0 Å². The van der Waals surface area contributed by atoms with E-state index in [1.807, 2.05) is 18.2 Å². The zero-order chi connectivity index (χ0) is 15.2. The van der Waals surface area contributed by atoms with Gasteiger partial charge in [-0.25, -0.2) is 9.78 Å². The van der Waals surface area contributed by atoms with Gasteiger partial charge in [-0.1, -0.05) is 23.5 Å². The number of benzene rings is 1. The average Bonchev–Trinajstić information content (AvgIpc) is 2.94. The molecule has 0 saturated heterocycles. The lowest BCUT2D eigenvalue weighted by atomic mass is 10.1. The molecule has 110 valence electrons. The molecule has 6 nitrogen and oxygen atoms in total. The summed E-state index contributed by atoms with van der Waals surface area (Å²) < 4.78 is 9.68. The molecule has 1 aromatic carbocycles. The van der Waals surface area contributed by atoms with Crippen LogP contribution in [0.25, 0.3) is 0 Å². The summed E-state index contributed by atoms with van der Waals surface area (Å²) in [5, 5.41) is 3.01. The summed E-state index contributed by atoms with van der Waals surface area (Å²) in [4.78, 5) is 27.5. The van der Waals surface area contributed by atoms with Crippen LogP contribution in [0.1, 0.15) is 15.2 Å². The van der Waals surface area contributed by atoms with Crippen molar-refractivity contribution < 1.29 is 19.1 Å². The van der Waals surface area contributed by atoms with Crippen molar-refractivity contribution in [1.82, 2.24) is 4.98 Å². The van der Waals surface area contributed by atoms with E-state index in [1.54, 1.807) is 13.2 Å². The van der Waals surface area contributed by atoms with E-state index in [9.17, 15) is 9.59 Å². The Morgan fingerprint density at radius 1 is 1.33 bits per heavy atom. The second-order valence-electron chi connectivity index (χ2n) is 4.10.